The number of para-hydroxylation sites is 1. The SMILES string of the molecule is CC1=CC(C)[C@@]2(COC(=O)Nc3ccccc3)COC(c3ccccc3)[C@@H]1C2C. The van der Waals surface area contributed by atoms with Crippen molar-refractivity contribution in [1.82, 2.24) is 0 Å². The lowest BCUT2D eigenvalue weighted by Gasteiger charge is -2.55. The van der Waals surface area contributed by atoms with Gasteiger partial charge in [0.15, 0.2) is 0 Å². The number of hydrogen-bond donors (Lipinski definition) is 1. The van der Waals surface area contributed by atoms with Crippen LogP contribution in [0.5, 0.6) is 0 Å². The van der Waals surface area contributed by atoms with E-state index in [1.54, 1.807) is 0 Å². The number of carbonyl (C=O) groups excluding carboxylic acids is 1. The van der Waals surface area contributed by atoms with Gasteiger partial charge in [-0.2, -0.15) is 0 Å². The van der Waals surface area contributed by atoms with Crippen molar-refractivity contribution in [3.63, 3.8) is 0 Å². The smallest absolute Gasteiger partial charge is 0.411 e. The lowest BCUT2D eigenvalue weighted by molar-refractivity contribution is -0.165. The van der Waals surface area contributed by atoms with Gasteiger partial charge in [-0.05, 0) is 36.5 Å². The molecule has 1 heterocycles. The molecule has 0 aromatic heterocycles. The third kappa shape index (κ3) is 3.69. The van der Waals surface area contributed by atoms with E-state index in [4.69, 9.17) is 9.47 Å². The summed E-state index contributed by atoms with van der Waals surface area (Å²) >= 11 is 0. The van der Waals surface area contributed by atoms with E-state index in [0.29, 0.717) is 19.1 Å². The minimum atomic E-state index is -0.419. The van der Waals surface area contributed by atoms with Crippen molar-refractivity contribution in [2.75, 3.05) is 18.5 Å². The second-order valence-electron chi connectivity index (χ2n) is 8.46. The van der Waals surface area contributed by atoms with Crippen molar-refractivity contribution in [3.05, 3.63) is 77.9 Å². The van der Waals surface area contributed by atoms with E-state index in [2.05, 4.69) is 56.4 Å². The first-order chi connectivity index (χ1) is 14.0. The van der Waals surface area contributed by atoms with Gasteiger partial charge in [0, 0.05) is 17.0 Å². The normalized spacial score (nSPS) is 30.9. The molecule has 29 heavy (non-hydrogen) atoms. The van der Waals surface area contributed by atoms with Crippen molar-refractivity contribution >= 4 is 11.8 Å². The molecular weight excluding hydrogens is 362 g/mol. The number of allylic oxidation sites excluding steroid dienone is 1. The van der Waals surface area contributed by atoms with E-state index in [1.165, 1.54) is 11.1 Å². The fourth-order valence-electron chi connectivity index (χ4n) is 5.08. The van der Waals surface area contributed by atoms with Crippen LogP contribution in [-0.2, 0) is 9.47 Å². The molecule has 2 aliphatic rings. The molecule has 4 rings (SSSR count). The number of ether oxygens (including phenoxy) is 2. The number of carbonyl (C=O) groups is 1. The van der Waals surface area contributed by atoms with Gasteiger partial charge >= 0.3 is 6.09 Å². The highest BCUT2D eigenvalue weighted by atomic mass is 16.6. The van der Waals surface area contributed by atoms with Crippen LogP contribution < -0.4 is 5.32 Å². The van der Waals surface area contributed by atoms with Crippen LogP contribution in [0, 0.1) is 23.2 Å². The Morgan fingerprint density at radius 1 is 1.10 bits per heavy atom. The summed E-state index contributed by atoms with van der Waals surface area (Å²) in [5, 5.41) is 2.81. The first-order valence-corrected chi connectivity index (χ1v) is 10.3. The predicted octanol–water partition coefficient (Wildman–Crippen LogP) is 5.84. The van der Waals surface area contributed by atoms with Crippen molar-refractivity contribution in [2.24, 2.45) is 23.2 Å². The number of amides is 1. The highest BCUT2D eigenvalue weighted by molar-refractivity contribution is 5.84. The molecule has 1 saturated heterocycles. The largest absolute Gasteiger partial charge is 0.449 e. The van der Waals surface area contributed by atoms with Gasteiger partial charge in [-0.3, -0.25) is 5.32 Å². The molecule has 4 heteroatoms. The molecule has 5 atom stereocenters. The van der Waals surface area contributed by atoms with E-state index in [1.807, 2.05) is 36.4 Å². The average molecular weight is 392 g/mol. The summed E-state index contributed by atoms with van der Waals surface area (Å²) in [7, 11) is 0. The van der Waals surface area contributed by atoms with Gasteiger partial charge in [0.1, 0.15) is 6.61 Å². The maximum atomic E-state index is 12.4. The van der Waals surface area contributed by atoms with Crippen LogP contribution in [0.25, 0.3) is 0 Å². The summed E-state index contributed by atoms with van der Waals surface area (Å²) in [6.07, 6.45) is 1.97. The number of hydrogen-bond acceptors (Lipinski definition) is 3. The first kappa shape index (κ1) is 19.7. The average Bonchev–Trinajstić information content (AvgIpc) is 2.73. The van der Waals surface area contributed by atoms with Crippen LogP contribution >= 0.6 is 0 Å². The summed E-state index contributed by atoms with van der Waals surface area (Å²) in [5.74, 6) is 0.893. The number of nitrogens with one attached hydrogen (secondary N) is 1. The van der Waals surface area contributed by atoms with Crippen LogP contribution in [0.2, 0.25) is 0 Å². The van der Waals surface area contributed by atoms with Crippen molar-refractivity contribution in [1.29, 1.82) is 0 Å². The lowest BCUT2D eigenvalue weighted by atomic mass is 9.56. The quantitative estimate of drug-likeness (QED) is 0.666. The molecule has 0 radical (unpaired) electrons. The number of benzene rings is 2. The summed E-state index contributed by atoms with van der Waals surface area (Å²) in [5.41, 5.74) is 3.09. The number of rotatable bonds is 4. The second-order valence-corrected chi connectivity index (χ2v) is 8.46. The Labute approximate surface area is 172 Å². The molecule has 4 nitrogen and oxygen atoms in total. The Morgan fingerprint density at radius 2 is 1.76 bits per heavy atom. The molecule has 3 unspecified atom stereocenters. The van der Waals surface area contributed by atoms with Crippen molar-refractivity contribution < 1.29 is 14.3 Å². The standard InChI is InChI=1S/C25H29NO3/c1-17-14-18(2)25(16-29-24(27)26-21-12-8-5-9-13-21)15-28-23(22(17)19(25)3)20-10-6-4-7-11-20/h4-14,18-19,22-23H,15-16H2,1-3H3,(H,26,27)/t18?,19?,22-,23?,25-/m0/s1. The van der Waals surface area contributed by atoms with Gasteiger partial charge in [-0.25, -0.2) is 4.79 Å². The zero-order valence-corrected chi connectivity index (χ0v) is 17.3. The van der Waals surface area contributed by atoms with E-state index in [-0.39, 0.29) is 23.4 Å². The summed E-state index contributed by atoms with van der Waals surface area (Å²) < 4.78 is 12.2. The van der Waals surface area contributed by atoms with Crippen LogP contribution in [0.4, 0.5) is 10.5 Å². The second kappa shape index (κ2) is 8.03. The van der Waals surface area contributed by atoms with Crippen molar-refractivity contribution in [2.45, 2.75) is 26.9 Å². The third-order valence-electron chi connectivity index (χ3n) is 6.87. The molecule has 1 amide bonds. The molecule has 0 saturated carbocycles. The third-order valence-corrected chi connectivity index (χ3v) is 6.87. The highest BCUT2D eigenvalue weighted by Crippen LogP contribution is 2.56. The van der Waals surface area contributed by atoms with Crippen LogP contribution in [-0.4, -0.2) is 19.3 Å². The minimum absolute atomic E-state index is 0.0428. The van der Waals surface area contributed by atoms with Crippen LogP contribution in [0.3, 0.4) is 0 Å². The Balaban J connectivity index is 1.52. The topological polar surface area (TPSA) is 47.6 Å². The lowest BCUT2D eigenvalue weighted by Crippen LogP contribution is -2.54. The van der Waals surface area contributed by atoms with E-state index >= 15 is 0 Å². The van der Waals surface area contributed by atoms with Crippen LogP contribution in [0.1, 0.15) is 32.4 Å². The molecule has 1 aliphatic carbocycles. The molecule has 1 aliphatic heterocycles. The highest BCUT2D eigenvalue weighted by Gasteiger charge is 2.54. The van der Waals surface area contributed by atoms with Gasteiger partial charge in [-0.1, -0.05) is 74.0 Å². The summed E-state index contributed by atoms with van der Waals surface area (Å²) in [4.78, 5) is 12.4. The van der Waals surface area contributed by atoms with Gasteiger partial charge in [0.05, 0.1) is 12.7 Å². The molecule has 0 spiro atoms. The molecule has 1 N–H and O–H groups in total. The summed E-state index contributed by atoms with van der Waals surface area (Å²) in [6, 6.07) is 19.8. The fraction of sp³-hybridized carbons (Fsp3) is 0.400. The zero-order chi connectivity index (χ0) is 20.4. The Kier molecular flexibility index (Phi) is 5.46. The summed E-state index contributed by atoms with van der Waals surface area (Å²) in [6.45, 7) is 7.62. The van der Waals surface area contributed by atoms with Gasteiger partial charge in [0.2, 0.25) is 0 Å². The number of fused-ring (bicyclic) bond motifs is 2. The predicted molar refractivity (Wildman–Crippen MR) is 115 cm³/mol. The Morgan fingerprint density at radius 3 is 2.45 bits per heavy atom. The van der Waals surface area contributed by atoms with E-state index < -0.39 is 6.09 Å². The molecule has 2 aromatic carbocycles. The Hall–Kier alpha value is -2.59. The van der Waals surface area contributed by atoms with E-state index in [9.17, 15) is 4.79 Å². The minimum Gasteiger partial charge on any atom is -0.449 e. The van der Waals surface area contributed by atoms with E-state index in [0.717, 1.165) is 5.69 Å². The maximum Gasteiger partial charge on any atom is 0.411 e. The molecular formula is C25H29NO3. The zero-order valence-electron chi connectivity index (χ0n) is 17.3. The molecule has 1 fully saturated rings. The monoisotopic (exact) mass is 391 g/mol. The molecule has 152 valence electrons. The van der Waals surface area contributed by atoms with Gasteiger partial charge < -0.3 is 9.47 Å². The van der Waals surface area contributed by atoms with Crippen molar-refractivity contribution in [3.8, 4) is 0 Å². The Bertz CT molecular complexity index is 879. The molecule has 2 bridgehead atoms. The van der Waals surface area contributed by atoms with Crippen LogP contribution in [0.15, 0.2) is 72.3 Å². The first-order valence-electron chi connectivity index (χ1n) is 10.3. The fourth-order valence-corrected chi connectivity index (χ4v) is 5.08. The molecule has 2 aromatic rings. The van der Waals surface area contributed by atoms with Gasteiger partial charge in [-0.15, -0.1) is 0 Å². The van der Waals surface area contributed by atoms with Gasteiger partial charge in [0.25, 0.3) is 0 Å². The maximum absolute atomic E-state index is 12.4. The number of anilines is 1.